The molecule has 0 aromatic heterocycles. The van der Waals surface area contributed by atoms with Crippen LogP contribution >= 0.6 is 0 Å². The van der Waals surface area contributed by atoms with Crippen LogP contribution in [0.15, 0.2) is 11.1 Å². The highest BCUT2D eigenvalue weighted by Crippen LogP contribution is 2.55. The van der Waals surface area contributed by atoms with Gasteiger partial charge in [-0.1, -0.05) is 25.0 Å². The predicted octanol–water partition coefficient (Wildman–Crippen LogP) is 3.39. The summed E-state index contributed by atoms with van der Waals surface area (Å²) in [5, 5.41) is 0. The maximum absolute atomic E-state index is 2.35. The molecule has 0 heterocycles. The van der Waals surface area contributed by atoms with Gasteiger partial charge >= 0.3 is 0 Å². The molecule has 2 atom stereocenters. The molecule has 0 amide bonds. The van der Waals surface area contributed by atoms with Crippen molar-refractivity contribution in [2.24, 2.45) is 17.8 Å². The molecule has 0 heteroatoms. The second-order valence-electron chi connectivity index (χ2n) is 4.60. The van der Waals surface area contributed by atoms with Crippen molar-refractivity contribution in [3.63, 3.8) is 0 Å². The van der Waals surface area contributed by atoms with E-state index in [9.17, 15) is 0 Å². The minimum Gasteiger partial charge on any atom is -0.0701 e. The van der Waals surface area contributed by atoms with E-state index in [1.807, 2.05) is 5.57 Å². The van der Waals surface area contributed by atoms with Gasteiger partial charge in [0.25, 0.3) is 0 Å². The van der Waals surface area contributed by atoms with E-state index in [2.05, 4.69) is 20.8 Å². The Bertz CT molecular complexity index is 198. The summed E-state index contributed by atoms with van der Waals surface area (Å²) in [6.07, 6.45) is 4.34. The Balaban J connectivity index is 2.03. The zero-order valence-electron chi connectivity index (χ0n) is 7.85. The van der Waals surface area contributed by atoms with Gasteiger partial charge in [0.2, 0.25) is 0 Å². The zero-order valence-corrected chi connectivity index (χ0v) is 7.85. The van der Waals surface area contributed by atoms with E-state index >= 15 is 0 Å². The summed E-state index contributed by atoms with van der Waals surface area (Å²) in [6.45, 7) is 7.00. The number of rotatable bonds is 2. The van der Waals surface area contributed by atoms with Crippen LogP contribution in [0.4, 0.5) is 0 Å². The van der Waals surface area contributed by atoms with Crippen molar-refractivity contribution in [3.05, 3.63) is 11.1 Å². The molecule has 2 aliphatic carbocycles. The Morgan fingerprint density at radius 3 is 2.27 bits per heavy atom. The summed E-state index contributed by atoms with van der Waals surface area (Å²) in [4.78, 5) is 0. The van der Waals surface area contributed by atoms with Gasteiger partial charge in [-0.2, -0.15) is 0 Å². The van der Waals surface area contributed by atoms with Gasteiger partial charge in [-0.15, -0.1) is 0 Å². The van der Waals surface area contributed by atoms with Gasteiger partial charge in [-0.25, -0.2) is 0 Å². The molecule has 2 aliphatic rings. The molecule has 0 saturated heterocycles. The molecule has 1 fully saturated rings. The summed E-state index contributed by atoms with van der Waals surface area (Å²) >= 11 is 0. The van der Waals surface area contributed by atoms with Gasteiger partial charge in [0, 0.05) is 0 Å². The molecule has 2 rings (SSSR count). The Hall–Kier alpha value is -0.260. The first-order chi connectivity index (χ1) is 5.20. The first-order valence-electron chi connectivity index (χ1n) is 4.89. The lowest BCUT2D eigenvalue weighted by Crippen LogP contribution is -2.38. The molecule has 0 radical (unpaired) electrons. The van der Waals surface area contributed by atoms with Crippen molar-refractivity contribution < 1.29 is 0 Å². The number of allylic oxidation sites excluding steroid dienone is 2. The van der Waals surface area contributed by atoms with Crippen LogP contribution in [0.3, 0.4) is 0 Å². The first-order valence-corrected chi connectivity index (χ1v) is 4.89. The maximum atomic E-state index is 2.35. The fourth-order valence-electron chi connectivity index (χ4n) is 2.62. The molecule has 0 nitrogen and oxygen atoms in total. The van der Waals surface area contributed by atoms with E-state index in [-0.39, 0.29) is 0 Å². The lowest BCUT2D eigenvalue weighted by Gasteiger charge is -2.50. The van der Waals surface area contributed by atoms with E-state index in [4.69, 9.17) is 0 Å². The highest BCUT2D eigenvalue weighted by atomic mass is 14.5. The summed E-state index contributed by atoms with van der Waals surface area (Å²) < 4.78 is 0. The van der Waals surface area contributed by atoms with Crippen LogP contribution in [0.1, 0.15) is 40.0 Å². The second-order valence-corrected chi connectivity index (χ2v) is 4.60. The highest BCUT2D eigenvalue weighted by molar-refractivity contribution is 5.34. The molecule has 0 N–H and O–H groups in total. The van der Waals surface area contributed by atoms with Gasteiger partial charge in [0.05, 0.1) is 0 Å². The Morgan fingerprint density at radius 1 is 1.27 bits per heavy atom. The molecule has 0 spiro atoms. The summed E-state index contributed by atoms with van der Waals surface area (Å²) in [6, 6.07) is 0. The summed E-state index contributed by atoms with van der Waals surface area (Å²) in [5.74, 6) is 2.93. The van der Waals surface area contributed by atoms with Crippen LogP contribution in [-0.4, -0.2) is 0 Å². The minimum atomic E-state index is 0.862. The van der Waals surface area contributed by atoms with E-state index in [1.165, 1.54) is 19.3 Å². The van der Waals surface area contributed by atoms with Crippen molar-refractivity contribution in [2.75, 3.05) is 0 Å². The Morgan fingerprint density at radius 2 is 1.91 bits per heavy atom. The zero-order chi connectivity index (χ0) is 8.01. The van der Waals surface area contributed by atoms with Gasteiger partial charge < -0.3 is 0 Å². The quantitative estimate of drug-likeness (QED) is 0.529. The van der Waals surface area contributed by atoms with Crippen LogP contribution in [0.2, 0.25) is 0 Å². The summed E-state index contributed by atoms with van der Waals surface area (Å²) in [5.41, 5.74) is 3.56. The molecule has 62 valence electrons. The van der Waals surface area contributed by atoms with Gasteiger partial charge in [0.15, 0.2) is 0 Å². The largest absolute Gasteiger partial charge is 0.0701 e. The summed E-state index contributed by atoms with van der Waals surface area (Å²) in [7, 11) is 0. The molecular weight excluding hydrogens is 132 g/mol. The van der Waals surface area contributed by atoms with Crippen molar-refractivity contribution in [3.8, 4) is 0 Å². The fourth-order valence-corrected chi connectivity index (χ4v) is 2.62. The first kappa shape index (κ1) is 7.39. The molecule has 0 bridgehead atoms. The average Bonchev–Trinajstić information content (AvgIpc) is 1.83. The van der Waals surface area contributed by atoms with Crippen LogP contribution in [-0.2, 0) is 0 Å². The molecule has 0 aliphatic heterocycles. The normalized spacial score (nSPS) is 34.9. The molecule has 1 saturated carbocycles. The molecular formula is C11H18. The minimum absolute atomic E-state index is 0.862. The van der Waals surface area contributed by atoms with E-state index in [0.29, 0.717) is 0 Å². The third kappa shape index (κ3) is 0.953. The fraction of sp³-hybridized carbons (Fsp3) is 0.818. The van der Waals surface area contributed by atoms with Crippen LogP contribution in [0.5, 0.6) is 0 Å². The SMILES string of the molecule is CC1=C(CC(C)C)C2CCC12. The number of fused-ring (bicyclic) bond motifs is 1. The van der Waals surface area contributed by atoms with E-state index in [0.717, 1.165) is 17.8 Å². The van der Waals surface area contributed by atoms with E-state index < -0.39 is 0 Å². The van der Waals surface area contributed by atoms with E-state index in [1.54, 1.807) is 5.57 Å². The van der Waals surface area contributed by atoms with Crippen molar-refractivity contribution in [2.45, 2.75) is 40.0 Å². The maximum Gasteiger partial charge on any atom is -0.0135 e. The topological polar surface area (TPSA) is 0 Å². The lowest BCUT2D eigenvalue weighted by molar-refractivity contribution is 0.192. The van der Waals surface area contributed by atoms with Crippen molar-refractivity contribution in [1.29, 1.82) is 0 Å². The standard InChI is InChI=1S/C11H18/c1-7(2)6-11-8(3)9-4-5-10(9)11/h7,9-10H,4-6H2,1-3H3. The number of hydrogen-bond acceptors (Lipinski definition) is 0. The van der Waals surface area contributed by atoms with Crippen molar-refractivity contribution >= 4 is 0 Å². The molecule has 0 aromatic rings. The molecule has 11 heavy (non-hydrogen) atoms. The third-order valence-corrected chi connectivity index (χ3v) is 3.41. The highest BCUT2D eigenvalue weighted by Gasteiger charge is 2.43. The van der Waals surface area contributed by atoms with Crippen LogP contribution in [0, 0.1) is 17.8 Å². The lowest BCUT2D eigenvalue weighted by atomic mass is 9.55. The third-order valence-electron chi connectivity index (χ3n) is 3.41. The number of hydrogen-bond donors (Lipinski definition) is 0. The van der Waals surface area contributed by atoms with Crippen LogP contribution < -0.4 is 0 Å². The second kappa shape index (κ2) is 2.36. The molecule has 0 aromatic carbocycles. The van der Waals surface area contributed by atoms with Gasteiger partial charge in [0.1, 0.15) is 0 Å². The van der Waals surface area contributed by atoms with Crippen LogP contribution in [0.25, 0.3) is 0 Å². The van der Waals surface area contributed by atoms with Gasteiger partial charge in [-0.05, 0) is 43.9 Å². The predicted molar refractivity (Wildman–Crippen MR) is 48.4 cm³/mol. The monoisotopic (exact) mass is 150 g/mol. The average molecular weight is 150 g/mol. The Kier molecular flexibility index (Phi) is 1.59. The van der Waals surface area contributed by atoms with Crippen molar-refractivity contribution in [1.82, 2.24) is 0 Å². The van der Waals surface area contributed by atoms with Gasteiger partial charge in [-0.3, -0.25) is 0 Å². The Labute approximate surface area is 69.7 Å². The molecule has 2 unspecified atom stereocenters. The smallest absolute Gasteiger partial charge is 0.0135 e.